The summed E-state index contributed by atoms with van der Waals surface area (Å²) >= 11 is 0. The van der Waals surface area contributed by atoms with E-state index >= 15 is 0 Å². The van der Waals surface area contributed by atoms with Crippen LogP contribution >= 0.6 is 0 Å². The Morgan fingerprint density at radius 3 is 2.50 bits per heavy atom. The van der Waals surface area contributed by atoms with Crippen LogP contribution in [-0.2, 0) is 11.3 Å². The van der Waals surface area contributed by atoms with E-state index in [9.17, 15) is 14.0 Å². The van der Waals surface area contributed by atoms with E-state index in [1.807, 2.05) is 67.2 Å². The monoisotopic (exact) mass is 565 g/mol. The van der Waals surface area contributed by atoms with Gasteiger partial charge in [0.05, 0.1) is 6.20 Å². The number of nitrogens with two attached hydrogens (primary N) is 1. The topological polar surface area (TPSA) is 119 Å². The first kappa shape index (κ1) is 29.5. The molecule has 2 aromatic carbocycles. The molecule has 0 atom stereocenters. The number of fused-ring (bicyclic) bond motifs is 1. The molecule has 0 bridgehead atoms. The van der Waals surface area contributed by atoms with Gasteiger partial charge in [0.25, 0.3) is 5.56 Å². The van der Waals surface area contributed by atoms with Gasteiger partial charge in [-0.15, -0.1) is 0 Å². The minimum Gasteiger partial charge on any atom is -0.393 e. The smallest absolute Gasteiger partial charge is 0.277 e. The Morgan fingerprint density at radius 2 is 1.83 bits per heavy atom. The van der Waals surface area contributed by atoms with Gasteiger partial charge in [-0.2, -0.15) is 9.61 Å². The van der Waals surface area contributed by atoms with Crippen molar-refractivity contribution in [3.63, 3.8) is 0 Å². The fourth-order valence-corrected chi connectivity index (χ4v) is 4.35. The molecule has 0 radical (unpaired) electrons. The highest BCUT2D eigenvalue weighted by atomic mass is 19.1. The number of allylic oxidation sites excluding steroid dienone is 3. The van der Waals surface area contributed by atoms with Gasteiger partial charge < -0.3 is 20.9 Å². The Labute approximate surface area is 242 Å². The van der Waals surface area contributed by atoms with Crippen LogP contribution in [0, 0.1) is 12.7 Å². The predicted octanol–water partition coefficient (Wildman–Crippen LogP) is 5.03. The molecule has 1 amide bonds. The Bertz CT molecular complexity index is 1790. The Kier molecular flexibility index (Phi) is 9.62. The second-order valence-corrected chi connectivity index (χ2v) is 9.36. The van der Waals surface area contributed by atoms with Gasteiger partial charge in [-0.1, -0.05) is 36.4 Å². The second-order valence-electron chi connectivity index (χ2n) is 9.36. The zero-order valence-electron chi connectivity index (χ0n) is 23.6. The molecule has 3 aromatic heterocycles. The minimum atomic E-state index is -0.255. The molecule has 0 aliphatic carbocycles. The molecular formula is C32H32FN7O2. The van der Waals surface area contributed by atoms with E-state index in [-0.39, 0.29) is 11.4 Å². The molecule has 9 nitrogen and oxygen atoms in total. The molecule has 0 aliphatic heterocycles. The van der Waals surface area contributed by atoms with Crippen LogP contribution in [0.4, 0.5) is 15.9 Å². The minimum absolute atomic E-state index is 0.115. The maximum Gasteiger partial charge on any atom is 0.277 e. The Morgan fingerprint density at radius 1 is 1.10 bits per heavy atom. The van der Waals surface area contributed by atoms with Gasteiger partial charge in [0.2, 0.25) is 6.41 Å². The summed E-state index contributed by atoms with van der Waals surface area (Å²) in [7, 11) is 1.86. The normalized spacial score (nSPS) is 11.3. The number of hydrogen-bond acceptors (Lipinski definition) is 6. The van der Waals surface area contributed by atoms with Crippen molar-refractivity contribution in [3.8, 4) is 11.1 Å². The van der Waals surface area contributed by atoms with Crippen molar-refractivity contribution in [1.82, 2.24) is 24.5 Å². The first-order valence-electron chi connectivity index (χ1n) is 13.2. The average molecular weight is 566 g/mol. The molecule has 214 valence electrons. The van der Waals surface area contributed by atoms with E-state index in [4.69, 9.17) is 5.73 Å². The fourth-order valence-electron chi connectivity index (χ4n) is 4.35. The lowest BCUT2D eigenvalue weighted by molar-refractivity contribution is -0.105. The molecule has 0 spiro atoms. The van der Waals surface area contributed by atoms with Gasteiger partial charge in [0, 0.05) is 60.6 Å². The number of amides is 1. The highest BCUT2D eigenvalue weighted by Gasteiger charge is 2.09. The lowest BCUT2D eigenvalue weighted by atomic mass is 10.0. The predicted molar refractivity (Wildman–Crippen MR) is 165 cm³/mol. The zero-order chi connectivity index (χ0) is 30.1. The molecule has 3 heterocycles. The number of carbonyl (C=O) groups is 1. The summed E-state index contributed by atoms with van der Waals surface area (Å²) in [4.78, 5) is 26.6. The quantitative estimate of drug-likeness (QED) is 0.179. The number of pyridine rings is 1. The molecular weight excluding hydrogens is 533 g/mol. The summed E-state index contributed by atoms with van der Waals surface area (Å²) in [5, 5.41) is 9.66. The van der Waals surface area contributed by atoms with Gasteiger partial charge >= 0.3 is 0 Å². The van der Waals surface area contributed by atoms with Crippen LogP contribution in [-0.4, -0.2) is 32.6 Å². The number of aryl methyl sites for hydroxylation is 1. The Balaban J connectivity index is 0.000000196. The maximum absolute atomic E-state index is 12.9. The molecule has 5 rings (SSSR count). The van der Waals surface area contributed by atoms with Gasteiger partial charge in [-0.3, -0.25) is 9.59 Å². The summed E-state index contributed by atoms with van der Waals surface area (Å²) in [6, 6.07) is 17.6. The molecule has 0 aliphatic rings. The van der Waals surface area contributed by atoms with Crippen molar-refractivity contribution in [3.05, 3.63) is 130 Å². The van der Waals surface area contributed by atoms with E-state index in [0.29, 0.717) is 24.3 Å². The number of aromatic nitrogens is 4. The molecule has 4 N–H and O–H groups in total. The van der Waals surface area contributed by atoms with Crippen LogP contribution in [0.1, 0.15) is 23.6 Å². The van der Waals surface area contributed by atoms with Crippen molar-refractivity contribution in [2.75, 3.05) is 18.1 Å². The summed E-state index contributed by atoms with van der Waals surface area (Å²) in [6.45, 7) is 4.29. The van der Waals surface area contributed by atoms with Crippen LogP contribution in [0.5, 0.6) is 0 Å². The first-order valence-corrected chi connectivity index (χ1v) is 13.2. The number of carbonyl (C=O) groups excluding carboxylic acids is 1. The van der Waals surface area contributed by atoms with Gasteiger partial charge in [-0.25, -0.2) is 9.37 Å². The molecule has 0 fully saturated rings. The SMILES string of the molecule is C/C=C/C(=C\NC)c1cnc(N)c(-c2ccc(NC=O)cc2)c1.Cc1cn(Cc2ccc(F)cc2)c2ccnn2c1=O. The third kappa shape index (κ3) is 6.97. The number of nitrogen functional groups attached to an aromatic ring is 1. The number of nitrogens with one attached hydrogen (secondary N) is 2. The van der Waals surface area contributed by atoms with E-state index in [0.717, 1.165) is 39.2 Å². The van der Waals surface area contributed by atoms with Crippen molar-refractivity contribution in [1.29, 1.82) is 0 Å². The van der Waals surface area contributed by atoms with E-state index in [1.165, 1.54) is 16.6 Å². The Hall–Kier alpha value is -5.51. The van der Waals surface area contributed by atoms with Gasteiger partial charge in [0.15, 0.2) is 0 Å². The number of halogens is 1. The third-order valence-electron chi connectivity index (χ3n) is 6.38. The van der Waals surface area contributed by atoms with Crippen molar-refractivity contribution >= 4 is 29.1 Å². The third-order valence-corrected chi connectivity index (χ3v) is 6.38. The number of hydrogen-bond donors (Lipinski definition) is 3. The van der Waals surface area contributed by atoms with Crippen LogP contribution in [0.2, 0.25) is 0 Å². The first-order chi connectivity index (χ1) is 20.3. The largest absolute Gasteiger partial charge is 0.393 e. The number of anilines is 2. The van der Waals surface area contributed by atoms with Crippen LogP contribution in [0.15, 0.2) is 102 Å². The lowest BCUT2D eigenvalue weighted by Gasteiger charge is -2.10. The molecule has 42 heavy (non-hydrogen) atoms. The van der Waals surface area contributed by atoms with Gasteiger partial charge in [0.1, 0.15) is 17.3 Å². The molecule has 0 unspecified atom stereocenters. The van der Waals surface area contributed by atoms with E-state index in [1.54, 1.807) is 43.7 Å². The highest BCUT2D eigenvalue weighted by molar-refractivity contribution is 5.82. The van der Waals surface area contributed by atoms with Crippen LogP contribution in [0.25, 0.3) is 22.3 Å². The molecule has 5 aromatic rings. The molecule has 10 heteroatoms. The summed E-state index contributed by atoms with van der Waals surface area (Å²) in [5.74, 6) is 0.212. The number of nitrogens with zero attached hydrogens (tertiary/aromatic N) is 4. The highest BCUT2D eigenvalue weighted by Crippen LogP contribution is 2.29. The van der Waals surface area contributed by atoms with Crippen LogP contribution < -0.4 is 21.9 Å². The van der Waals surface area contributed by atoms with Crippen molar-refractivity contribution < 1.29 is 9.18 Å². The average Bonchev–Trinajstić information content (AvgIpc) is 3.49. The van der Waals surface area contributed by atoms with Crippen molar-refractivity contribution in [2.24, 2.45) is 0 Å². The zero-order valence-corrected chi connectivity index (χ0v) is 23.6. The second kappa shape index (κ2) is 13.7. The van der Waals surface area contributed by atoms with E-state index in [2.05, 4.69) is 20.7 Å². The summed E-state index contributed by atoms with van der Waals surface area (Å²) < 4.78 is 16.2. The standard InChI is InChI=1S/C18H20N4O.C14H12FN3O/c1-3-4-14(10-20-2)15-9-17(18(19)21-11-15)13-5-7-16(8-6-13)22-12-23;1-10-8-17(9-11-2-4-12(15)5-3-11)13-6-7-16-18(13)14(10)19/h3-12,20H,1-2H3,(H2,19,21)(H,22,23);2-8H,9H2,1H3/b4-3+,14-10+;. The van der Waals surface area contributed by atoms with E-state index < -0.39 is 0 Å². The molecule has 0 saturated heterocycles. The van der Waals surface area contributed by atoms with Crippen molar-refractivity contribution in [2.45, 2.75) is 20.4 Å². The number of benzene rings is 2. The summed E-state index contributed by atoms with van der Waals surface area (Å²) in [6.07, 6.45) is 11.7. The van der Waals surface area contributed by atoms with Gasteiger partial charge in [-0.05, 0) is 60.9 Å². The fraction of sp³-hybridized carbons (Fsp3) is 0.125. The lowest BCUT2D eigenvalue weighted by Crippen LogP contribution is -2.21. The molecule has 0 saturated carbocycles. The summed E-state index contributed by atoms with van der Waals surface area (Å²) in [5.41, 5.74) is 12.7. The van der Waals surface area contributed by atoms with Crippen LogP contribution in [0.3, 0.4) is 0 Å². The number of rotatable bonds is 8. The maximum atomic E-state index is 12.9.